The first-order valence-corrected chi connectivity index (χ1v) is 9.30. The number of benzene rings is 1. The number of carbonyl (C=O) groups excluding carboxylic acids is 1. The number of carbonyl (C=O) groups is 1. The molecule has 0 spiro atoms. The molecule has 142 valence electrons. The third-order valence-electron chi connectivity index (χ3n) is 4.77. The topological polar surface area (TPSA) is 74.2 Å². The van der Waals surface area contributed by atoms with Crippen LogP contribution in [-0.2, 0) is 0 Å². The average molecular weight is 374 g/mol. The molecule has 0 bridgehead atoms. The van der Waals surface area contributed by atoms with Crippen LogP contribution in [0.15, 0.2) is 61.1 Å². The highest BCUT2D eigenvalue weighted by Crippen LogP contribution is 2.18. The first-order chi connectivity index (χ1) is 13.7. The first-order valence-electron chi connectivity index (χ1n) is 9.30. The number of aryl methyl sites for hydroxylation is 1. The van der Waals surface area contributed by atoms with Gasteiger partial charge in [0.15, 0.2) is 0 Å². The minimum absolute atomic E-state index is 0.207. The summed E-state index contributed by atoms with van der Waals surface area (Å²) in [5.74, 6) is 0.560. The van der Waals surface area contributed by atoms with Gasteiger partial charge in [-0.3, -0.25) is 4.79 Å². The van der Waals surface area contributed by atoms with E-state index in [9.17, 15) is 4.79 Å². The lowest BCUT2D eigenvalue weighted by molar-refractivity contribution is 0.102. The van der Waals surface area contributed by atoms with Crippen molar-refractivity contribution in [3.8, 4) is 0 Å². The van der Waals surface area contributed by atoms with E-state index < -0.39 is 0 Å². The lowest BCUT2D eigenvalue weighted by Crippen LogP contribution is -2.47. The van der Waals surface area contributed by atoms with Gasteiger partial charge in [-0.15, -0.1) is 0 Å². The summed E-state index contributed by atoms with van der Waals surface area (Å²) in [5.41, 5.74) is 3.33. The minimum Gasteiger partial charge on any atom is -0.367 e. The Morgan fingerprint density at radius 2 is 1.57 bits per heavy atom. The third-order valence-corrected chi connectivity index (χ3v) is 4.77. The summed E-state index contributed by atoms with van der Waals surface area (Å²) in [6.45, 7) is 5.42. The van der Waals surface area contributed by atoms with E-state index in [1.807, 2.05) is 43.3 Å². The molecule has 3 aromatic rings. The second kappa shape index (κ2) is 8.04. The van der Waals surface area contributed by atoms with E-state index in [-0.39, 0.29) is 5.91 Å². The molecule has 1 aliphatic heterocycles. The highest BCUT2D eigenvalue weighted by atomic mass is 16.1. The predicted octanol–water partition coefficient (Wildman–Crippen LogP) is 2.76. The minimum atomic E-state index is -0.207. The lowest BCUT2D eigenvalue weighted by Gasteiger charge is -2.35. The second-order valence-electron chi connectivity index (χ2n) is 6.74. The number of aromatic nitrogens is 3. The van der Waals surface area contributed by atoms with Crippen molar-refractivity contribution in [2.24, 2.45) is 0 Å². The molecule has 0 aliphatic carbocycles. The number of nitrogens with one attached hydrogen (secondary N) is 1. The summed E-state index contributed by atoms with van der Waals surface area (Å²) in [6.07, 6.45) is 5.29. The Morgan fingerprint density at radius 3 is 2.21 bits per heavy atom. The van der Waals surface area contributed by atoms with Gasteiger partial charge in [0, 0.05) is 44.3 Å². The highest BCUT2D eigenvalue weighted by Gasteiger charge is 2.19. The van der Waals surface area contributed by atoms with E-state index in [1.54, 1.807) is 24.7 Å². The largest absolute Gasteiger partial charge is 0.367 e. The molecule has 0 atom stereocenters. The van der Waals surface area contributed by atoms with Crippen LogP contribution in [-0.4, -0.2) is 47.0 Å². The molecule has 0 saturated carbocycles. The van der Waals surface area contributed by atoms with Crippen molar-refractivity contribution in [1.29, 1.82) is 0 Å². The van der Waals surface area contributed by atoms with Crippen LogP contribution in [0.1, 0.15) is 16.1 Å². The van der Waals surface area contributed by atoms with Crippen LogP contribution in [0.5, 0.6) is 0 Å². The van der Waals surface area contributed by atoms with Gasteiger partial charge in [-0.2, -0.15) is 0 Å². The quantitative estimate of drug-likeness (QED) is 0.757. The molecule has 7 heteroatoms. The van der Waals surface area contributed by atoms with Gasteiger partial charge in [0.2, 0.25) is 5.95 Å². The predicted molar refractivity (Wildman–Crippen MR) is 110 cm³/mol. The molecule has 0 unspecified atom stereocenters. The van der Waals surface area contributed by atoms with Gasteiger partial charge in [-0.25, -0.2) is 15.0 Å². The average Bonchev–Trinajstić information content (AvgIpc) is 2.76. The Bertz CT molecular complexity index is 919. The Kier molecular flexibility index (Phi) is 5.14. The van der Waals surface area contributed by atoms with Crippen LogP contribution in [0, 0.1) is 6.92 Å². The molecule has 1 saturated heterocycles. The molecule has 0 radical (unpaired) electrons. The molecule has 1 amide bonds. The first kappa shape index (κ1) is 17.9. The Hall–Kier alpha value is -3.48. The van der Waals surface area contributed by atoms with E-state index in [2.05, 4.69) is 30.1 Å². The second-order valence-corrected chi connectivity index (χ2v) is 6.74. The van der Waals surface area contributed by atoms with Crippen LogP contribution in [0.25, 0.3) is 0 Å². The van der Waals surface area contributed by atoms with Crippen LogP contribution in [0.4, 0.5) is 17.3 Å². The number of rotatable bonds is 4. The number of hydrogen-bond acceptors (Lipinski definition) is 6. The molecule has 1 N–H and O–H groups in total. The molecule has 4 rings (SSSR count). The monoisotopic (exact) mass is 374 g/mol. The summed E-state index contributed by atoms with van der Waals surface area (Å²) in [6, 6.07) is 13.2. The molecule has 1 fully saturated rings. The van der Waals surface area contributed by atoms with E-state index >= 15 is 0 Å². The summed E-state index contributed by atoms with van der Waals surface area (Å²) in [4.78, 5) is 29.8. The maximum Gasteiger partial charge on any atom is 0.274 e. The fourth-order valence-corrected chi connectivity index (χ4v) is 3.16. The van der Waals surface area contributed by atoms with E-state index in [0.29, 0.717) is 5.69 Å². The summed E-state index contributed by atoms with van der Waals surface area (Å²) >= 11 is 0. The van der Waals surface area contributed by atoms with Crippen molar-refractivity contribution in [3.63, 3.8) is 0 Å². The van der Waals surface area contributed by atoms with Gasteiger partial charge in [-0.1, -0.05) is 17.7 Å². The number of anilines is 3. The smallest absolute Gasteiger partial charge is 0.274 e. The van der Waals surface area contributed by atoms with Gasteiger partial charge in [0.25, 0.3) is 5.91 Å². The third kappa shape index (κ3) is 4.09. The lowest BCUT2D eigenvalue weighted by atomic mass is 10.2. The van der Waals surface area contributed by atoms with Crippen molar-refractivity contribution >= 4 is 23.2 Å². The van der Waals surface area contributed by atoms with Crippen molar-refractivity contribution in [2.75, 3.05) is 41.3 Å². The van der Waals surface area contributed by atoms with Crippen molar-refractivity contribution in [3.05, 3.63) is 72.3 Å². The maximum absolute atomic E-state index is 12.4. The van der Waals surface area contributed by atoms with Gasteiger partial charge < -0.3 is 15.1 Å². The van der Waals surface area contributed by atoms with Crippen molar-refractivity contribution in [2.45, 2.75) is 6.92 Å². The Labute approximate surface area is 164 Å². The zero-order valence-electron chi connectivity index (χ0n) is 15.7. The summed E-state index contributed by atoms with van der Waals surface area (Å²) in [7, 11) is 0. The summed E-state index contributed by atoms with van der Waals surface area (Å²) < 4.78 is 0. The van der Waals surface area contributed by atoms with E-state index in [4.69, 9.17) is 0 Å². The van der Waals surface area contributed by atoms with E-state index in [1.165, 1.54) is 0 Å². The van der Waals surface area contributed by atoms with Crippen LogP contribution in [0.2, 0.25) is 0 Å². The van der Waals surface area contributed by atoms with Crippen molar-refractivity contribution in [1.82, 2.24) is 15.0 Å². The van der Waals surface area contributed by atoms with Gasteiger partial charge in [-0.05, 0) is 37.3 Å². The zero-order valence-corrected chi connectivity index (χ0v) is 15.7. The molecule has 28 heavy (non-hydrogen) atoms. The number of piperazine rings is 1. The SMILES string of the molecule is Cc1ccc(NC(=O)c2ccc(N3CCN(c4ncccn4)CC3)cn2)cc1. The van der Waals surface area contributed by atoms with Crippen LogP contribution in [0.3, 0.4) is 0 Å². The van der Waals surface area contributed by atoms with Crippen molar-refractivity contribution < 1.29 is 4.79 Å². The normalized spacial score (nSPS) is 14.0. The number of amides is 1. The molecule has 3 heterocycles. The number of nitrogens with zero attached hydrogens (tertiary/aromatic N) is 5. The fourth-order valence-electron chi connectivity index (χ4n) is 3.16. The number of hydrogen-bond donors (Lipinski definition) is 1. The molecule has 2 aromatic heterocycles. The van der Waals surface area contributed by atoms with Gasteiger partial charge in [0.1, 0.15) is 5.69 Å². The van der Waals surface area contributed by atoms with Gasteiger partial charge >= 0.3 is 0 Å². The summed E-state index contributed by atoms with van der Waals surface area (Å²) in [5, 5.41) is 2.87. The Balaban J connectivity index is 1.36. The maximum atomic E-state index is 12.4. The Morgan fingerprint density at radius 1 is 0.893 bits per heavy atom. The highest BCUT2D eigenvalue weighted by molar-refractivity contribution is 6.02. The molecular formula is C21H22N6O. The number of pyridine rings is 1. The fraction of sp³-hybridized carbons (Fsp3) is 0.238. The standard InChI is InChI=1S/C21H22N6O/c1-16-3-5-17(6-4-16)25-20(28)19-8-7-18(15-24-19)26-11-13-27(14-12-26)21-22-9-2-10-23-21/h2-10,15H,11-14H2,1H3,(H,25,28). The molecule has 1 aromatic carbocycles. The molecule has 1 aliphatic rings. The zero-order chi connectivity index (χ0) is 19.3. The van der Waals surface area contributed by atoms with Crippen LogP contribution < -0.4 is 15.1 Å². The van der Waals surface area contributed by atoms with Crippen LogP contribution >= 0.6 is 0 Å². The van der Waals surface area contributed by atoms with Gasteiger partial charge in [0.05, 0.1) is 11.9 Å². The molecule has 7 nitrogen and oxygen atoms in total. The molecular weight excluding hydrogens is 352 g/mol. The van der Waals surface area contributed by atoms with E-state index in [0.717, 1.165) is 49.1 Å².